The lowest BCUT2D eigenvalue weighted by atomic mass is 10.2. The lowest BCUT2D eigenvalue weighted by Crippen LogP contribution is -2.20. The highest BCUT2D eigenvalue weighted by molar-refractivity contribution is 5.95. The number of anilines is 1. The summed E-state index contributed by atoms with van der Waals surface area (Å²) >= 11 is 0. The van der Waals surface area contributed by atoms with Crippen LogP contribution in [0, 0.1) is 10.1 Å². The van der Waals surface area contributed by atoms with Gasteiger partial charge >= 0.3 is 11.7 Å². The first kappa shape index (κ1) is 19.9. The third-order valence-corrected chi connectivity index (χ3v) is 3.53. The number of amides is 1. The molecule has 0 bridgehead atoms. The van der Waals surface area contributed by atoms with Crippen molar-refractivity contribution in [3.8, 4) is 5.75 Å². The Morgan fingerprint density at radius 1 is 1.15 bits per heavy atom. The summed E-state index contributed by atoms with van der Waals surface area (Å²) in [4.78, 5) is 34.3. The Morgan fingerprint density at radius 2 is 1.93 bits per heavy atom. The van der Waals surface area contributed by atoms with Crippen LogP contribution in [-0.4, -0.2) is 30.0 Å². The van der Waals surface area contributed by atoms with Crippen LogP contribution >= 0.6 is 0 Å². The van der Waals surface area contributed by atoms with E-state index < -0.39 is 23.4 Å². The van der Waals surface area contributed by atoms with E-state index in [1.165, 1.54) is 24.3 Å². The summed E-state index contributed by atoms with van der Waals surface area (Å²) in [5.41, 5.74) is 0.502. The van der Waals surface area contributed by atoms with Crippen molar-refractivity contribution in [2.45, 2.75) is 19.8 Å². The molecule has 0 heterocycles. The summed E-state index contributed by atoms with van der Waals surface area (Å²) < 4.78 is 10.4. The average molecular weight is 372 g/mol. The number of nitrogens with zero attached hydrogens (tertiary/aromatic N) is 1. The largest absolute Gasteiger partial charge is 0.477 e. The van der Waals surface area contributed by atoms with Gasteiger partial charge in [-0.3, -0.25) is 14.9 Å². The molecule has 0 radical (unpaired) electrons. The van der Waals surface area contributed by atoms with Crippen LogP contribution in [0.1, 0.15) is 30.1 Å². The molecule has 2 rings (SSSR count). The van der Waals surface area contributed by atoms with Gasteiger partial charge in [0.05, 0.1) is 17.1 Å². The molecule has 0 aromatic heterocycles. The molecule has 0 spiro atoms. The minimum absolute atomic E-state index is 0.00547. The molecule has 0 fully saturated rings. The molecule has 142 valence electrons. The fourth-order valence-corrected chi connectivity index (χ4v) is 2.19. The minimum atomic E-state index is -0.582. The summed E-state index contributed by atoms with van der Waals surface area (Å²) in [6, 6.07) is 12.1. The number of nitro groups is 1. The second kappa shape index (κ2) is 9.91. The van der Waals surface area contributed by atoms with Crippen molar-refractivity contribution >= 4 is 23.3 Å². The van der Waals surface area contributed by atoms with Gasteiger partial charge in [0.15, 0.2) is 12.4 Å². The van der Waals surface area contributed by atoms with Crippen LogP contribution < -0.4 is 10.1 Å². The van der Waals surface area contributed by atoms with E-state index in [1.54, 1.807) is 24.3 Å². The van der Waals surface area contributed by atoms with E-state index in [0.29, 0.717) is 17.9 Å². The van der Waals surface area contributed by atoms with E-state index in [9.17, 15) is 19.7 Å². The number of benzene rings is 2. The molecule has 0 saturated heterocycles. The second-order valence-electron chi connectivity index (χ2n) is 5.63. The fourth-order valence-electron chi connectivity index (χ4n) is 2.19. The number of hydrogen-bond acceptors (Lipinski definition) is 6. The van der Waals surface area contributed by atoms with Crippen LogP contribution in [0.5, 0.6) is 5.75 Å². The Bertz CT molecular complexity index is 821. The van der Waals surface area contributed by atoms with E-state index in [4.69, 9.17) is 9.47 Å². The number of rotatable bonds is 9. The van der Waals surface area contributed by atoms with Crippen LogP contribution in [0.25, 0.3) is 0 Å². The zero-order chi connectivity index (χ0) is 19.6. The van der Waals surface area contributed by atoms with Gasteiger partial charge in [0, 0.05) is 11.8 Å². The first-order valence-corrected chi connectivity index (χ1v) is 8.44. The van der Waals surface area contributed by atoms with Gasteiger partial charge in [-0.2, -0.15) is 0 Å². The van der Waals surface area contributed by atoms with Crippen LogP contribution in [0.3, 0.4) is 0 Å². The maximum atomic E-state index is 12.0. The lowest BCUT2D eigenvalue weighted by molar-refractivity contribution is -0.385. The molecule has 0 aliphatic carbocycles. The standard InChI is InChI=1S/C19H20N2O6/c1-2-3-11-26-19(23)14-7-6-8-15(12-14)20-18(22)13-27-17-10-5-4-9-16(17)21(24)25/h4-10,12H,2-3,11,13H2,1H3,(H,20,22). The summed E-state index contributed by atoms with van der Waals surface area (Å²) in [5, 5.41) is 13.5. The zero-order valence-corrected chi connectivity index (χ0v) is 14.8. The number of nitro benzene ring substituents is 1. The molecule has 0 atom stereocenters. The van der Waals surface area contributed by atoms with Gasteiger partial charge in [-0.1, -0.05) is 31.5 Å². The summed E-state index contributed by atoms with van der Waals surface area (Å²) in [6.07, 6.45) is 1.70. The van der Waals surface area contributed by atoms with E-state index in [1.807, 2.05) is 6.92 Å². The summed E-state index contributed by atoms with van der Waals surface area (Å²) in [5.74, 6) is -0.966. The minimum Gasteiger partial charge on any atom is -0.477 e. The van der Waals surface area contributed by atoms with Gasteiger partial charge in [-0.15, -0.1) is 0 Å². The molecule has 0 aliphatic heterocycles. The number of unbranched alkanes of at least 4 members (excludes halogenated alkanes) is 1. The van der Waals surface area contributed by atoms with Crippen molar-refractivity contribution in [1.29, 1.82) is 0 Å². The average Bonchev–Trinajstić information content (AvgIpc) is 2.67. The normalized spacial score (nSPS) is 10.1. The number of carbonyl (C=O) groups excluding carboxylic acids is 2. The van der Waals surface area contributed by atoms with E-state index in [2.05, 4.69) is 5.32 Å². The number of carbonyl (C=O) groups is 2. The van der Waals surface area contributed by atoms with Crippen molar-refractivity contribution in [3.63, 3.8) is 0 Å². The van der Waals surface area contributed by atoms with Crippen LogP contribution in [0.2, 0.25) is 0 Å². The molecule has 1 N–H and O–H groups in total. The Morgan fingerprint density at radius 3 is 2.67 bits per heavy atom. The molecular formula is C19H20N2O6. The third-order valence-electron chi connectivity index (χ3n) is 3.53. The number of esters is 1. The monoisotopic (exact) mass is 372 g/mol. The van der Waals surface area contributed by atoms with Gasteiger partial charge in [-0.05, 0) is 30.7 Å². The molecule has 8 nitrogen and oxygen atoms in total. The van der Waals surface area contributed by atoms with Crippen LogP contribution in [0.4, 0.5) is 11.4 Å². The maximum absolute atomic E-state index is 12.0. The van der Waals surface area contributed by atoms with Gasteiger partial charge in [0.25, 0.3) is 5.91 Å². The van der Waals surface area contributed by atoms with E-state index in [0.717, 1.165) is 12.8 Å². The molecule has 0 aliphatic rings. The number of para-hydroxylation sites is 2. The number of hydrogen-bond donors (Lipinski definition) is 1. The Labute approximate surface area is 156 Å². The third kappa shape index (κ3) is 6.10. The van der Waals surface area contributed by atoms with Crippen molar-refractivity contribution in [1.82, 2.24) is 0 Å². The highest BCUT2D eigenvalue weighted by atomic mass is 16.6. The fraction of sp³-hybridized carbons (Fsp3) is 0.263. The maximum Gasteiger partial charge on any atom is 0.338 e. The number of nitrogens with one attached hydrogen (secondary N) is 1. The highest BCUT2D eigenvalue weighted by Gasteiger charge is 2.15. The molecule has 1 amide bonds. The number of ether oxygens (including phenoxy) is 2. The Kier molecular flexibility index (Phi) is 7.30. The molecule has 0 unspecified atom stereocenters. The Balaban J connectivity index is 1.93. The van der Waals surface area contributed by atoms with E-state index >= 15 is 0 Å². The van der Waals surface area contributed by atoms with Gasteiger partial charge in [-0.25, -0.2) is 4.79 Å². The van der Waals surface area contributed by atoms with Crippen molar-refractivity contribution < 1.29 is 24.0 Å². The summed E-state index contributed by atoms with van der Waals surface area (Å²) in [7, 11) is 0. The zero-order valence-electron chi connectivity index (χ0n) is 14.8. The predicted molar refractivity (Wildman–Crippen MR) is 98.9 cm³/mol. The molecule has 8 heteroatoms. The van der Waals surface area contributed by atoms with Crippen molar-refractivity contribution in [3.05, 3.63) is 64.2 Å². The Hall–Kier alpha value is -3.42. The first-order chi connectivity index (χ1) is 13.0. The molecule has 2 aromatic carbocycles. The SMILES string of the molecule is CCCCOC(=O)c1cccc(NC(=O)COc2ccccc2[N+](=O)[O-])c1. The van der Waals surface area contributed by atoms with Crippen LogP contribution in [-0.2, 0) is 9.53 Å². The second-order valence-corrected chi connectivity index (χ2v) is 5.63. The van der Waals surface area contributed by atoms with Crippen LogP contribution in [0.15, 0.2) is 48.5 Å². The molecule has 2 aromatic rings. The molecular weight excluding hydrogens is 352 g/mol. The predicted octanol–water partition coefficient (Wildman–Crippen LogP) is 3.57. The lowest BCUT2D eigenvalue weighted by Gasteiger charge is -2.09. The van der Waals surface area contributed by atoms with Gasteiger partial charge in [0.1, 0.15) is 0 Å². The highest BCUT2D eigenvalue weighted by Crippen LogP contribution is 2.25. The van der Waals surface area contributed by atoms with Gasteiger partial charge < -0.3 is 14.8 Å². The molecule has 27 heavy (non-hydrogen) atoms. The summed E-state index contributed by atoms with van der Waals surface area (Å²) in [6.45, 7) is 1.93. The topological polar surface area (TPSA) is 108 Å². The van der Waals surface area contributed by atoms with Crippen molar-refractivity contribution in [2.75, 3.05) is 18.5 Å². The quantitative estimate of drug-likeness (QED) is 0.312. The van der Waals surface area contributed by atoms with Crippen molar-refractivity contribution in [2.24, 2.45) is 0 Å². The molecule has 0 saturated carbocycles. The first-order valence-electron chi connectivity index (χ1n) is 8.44. The smallest absolute Gasteiger partial charge is 0.338 e. The van der Waals surface area contributed by atoms with E-state index in [-0.39, 0.29) is 11.4 Å². The van der Waals surface area contributed by atoms with Gasteiger partial charge in [0.2, 0.25) is 0 Å².